The summed E-state index contributed by atoms with van der Waals surface area (Å²) < 4.78 is 28.3. The Kier molecular flexibility index (Phi) is 6.83. The molecule has 2 aliphatic heterocycles. The van der Waals surface area contributed by atoms with Gasteiger partial charge in [-0.15, -0.1) is 0 Å². The van der Waals surface area contributed by atoms with Crippen LogP contribution in [0.25, 0.3) is 6.08 Å². The second-order valence-corrected chi connectivity index (χ2v) is 9.45. The van der Waals surface area contributed by atoms with E-state index in [0.29, 0.717) is 27.6 Å². The zero-order valence-corrected chi connectivity index (χ0v) is 22.2. The van der Waals surface area contributed by atoms with E-state index in [0.717, 1.165) is 11.3 Å². The Labute approximate surface area is 225 Å². The lowest BCUT2D eigenvalue weighted by Crippen LogP contribution is -2.39. The molecule has 3 aromatic rings. The third-order valence-electron chi connectivity index (χ3n) is 6.25. The molecule has 0 fully saturated rings. The Morgan fingerprint density at radius 2 is 1.92 bits per heavy atom. The predicted molar refractivity (Wildman–Crippen MR) is 139 cm³/mol. The molecule has 2 aliphatic rings. The van der Waals surface area contributed by atoms with Gasteiger partial charge in [0.25, 0.3) is 11.2 Å². The Hall–Kier alpha value is -4.65. The summed E-state index contributed by atoms with van der Waals surface area (Å²) in [6.45, 7) is 3.55. The molecule has 0 aliphatic carbocycles. The molecule has 1 atom stereocenters. The lowest BCUT2D eigenvalue weighted by molar-refractivity contribution is -0.385. The maximum atomic E-state index is 13.9. The van der Waals surface area contributed by atoms with Crippen molar-refractivity contribution in [2.24, 2.45) is 4.99 Å². The van der Waals surface area contributed by atoms with Crippen molar-refractivity contribution in [1.82, 2.24) is 4.57 Å². The van der Waals surface area contributed by atoms with Gasteiger partial charge in [0.1, 0.15) is 0 Å². The highest BCUT2D eigenvalue weighted by molar-refractivity contribution is 7.07. The number of hydrogen-bond acceptors (Lipinski definition) is 11. The summed E-state index contributed by atoms with van der Waals surface area (Å²) in [5, 5.41) is 11.8. The largest absolute Gasteiger partial charge is 0.493 e. The van der Waals surface area contributed by atoms with E-state index < -0.39 is 22.5 Å². The molecule has 202 valence electrons. The number of carbonyl (C=O) groups excluding carboxylic acids is 1. The smallest absolute Gasteiger partial charge is 0.338 e. The molecule has 0 N–H and O–H groups in total. The van der Waals surface area contributed by atoms with Crippen molar-refractivity contribution in [3.8, 4) is 23.0 Å². The number of aromatic nitrogens is 1. The number of hydrogen-bond donors (Lipinski definition) is 0. The summed E-state index contributed by atoms with van der Waals surface area (Å²) in [5.74, 6) is 0.867. The van der Waals surface area contributed by atoms with Crippen LogP contribution in [-0.2, 0) is 9.53 Å². The number of benzene rings is 2. The first-order valence-electron chi connectivity index (χ1n) is 11.8. The number of nitro benzene ring substituents is 1. The molecule has 0 saturated heterocycles. The number of allylic oxidation sites excluding steroid dienone is 1. The number of methoxy groups -OCH3 is 2. The van der Waals surface area contributed by atoms with Crippen LogP contribution in [0.15, 0.2) is 51.4 Å². The lowest BCUT2D eigenvalue weighted by Gasteiger charge is -2.24. The van der Waals surface area contributed by atoms with Gasteiger partial charge in [0, 0.05) is 0 Å². The monoisotopic (exact) mass is 553 g/mol. The summed E-state index contributed by atoms with van der Waals surface area (Å²) in [6.07, 6.45) is 1.41. The number of nitrogens with zero attached hydrogens (tertiary/aromatic N) is 3. The number of rotatable bonds is 7. The summed E-state index contributed by atoms with van der Waals surface area (Å²) >= 11 is 1.05. The van der Waals surface area contributed by atoms with Gasteiger partial charge >= 0.3 is 5.97 Å². The van der Waals surface area contributed by atoms with Crippen LogP contribution in [0.4, 0.5) is 5.69 Å². The zero-order chi connectivity index (χ0) is 27.8. The summed E-state index contributed by atoms with van der Waals surface area (Å²) in [6, 6.07) is 6.95. The van der Waals surface area contributed by atoms with Crippen LogP contribution in [-0.4, -0.2) is 43.1 Å². The van der Waals surface area contributed by atoms with Gasteiger partial charge < -0.3 is 23.7 Å². The number of esters is 1. The van der Waals surface area contributed by atoms with Gasteiger partial charge in [-0.25, -0.2) is 9.79 Å². The molecule has 13 heteroatoms. The molecular weight excluding hydrogens is 530 g/mol. The summed E-state index contributed by atoms with van der Waals surface area (Å²) in [5.41, 5.74) is 0.562. The molecule has 0 unspecified atom stereocenters. The standard InChI is InChI=1S/C26H23N3O9S/c1-5-36-25(31)22-13(2)27-26-28(23(22)14-6-7-17-20(8-14)38-12-37-17)24(30)21(39-26)10-15-9-18(34-3)19(35-4)11-16(15)29(32)33/h6-11,23H,5,12H2,1-4H3/b21-10-/t23-/m0/s1. The first-order valence-corrected chi connectivity index (χ1v) is 12.6. The van der Waals surface area contributed by atoms with Gasteiger partial charge in [-0.3, -0.25) is 19.5 Å². The molecule has 0 radical (unpaired) electrons. The summed E-state index contributed by atoms with van der Waals surface area (Å²) in [7, 11) is 2.78. The minimum Gasteiger partial charge on any atom is -0.493 e. The molecule has 1 aromatic heterocycles. The number of thiazole rings is 1. The molecule has 0 spiro atoms. The van der Waals surface area contributed by atoms with E-state index in [1.54, 1.807) is 32.0 Å². The maximum Gasteiger partial charge on any atom is 0.338 e. The molecule has 0 amide bonds. The van der Waals surface area contributed by atoms with Crippen molar-refractivity contribution in [3.63, 3.8) is 0 Å². The third-order valence-corrected chi connectivity index (χ3v) is 7.23. The van der Waals surface area contributed by atoms with Gasteiger partial charge in [-0.05, 0) is 43.7 Å². The third kappa shape index (κ3) is 4.50. The summed E-state index contributed by atoms with van der Waals surface area (Å²) in [4.78, 5) is 43.0. The van der Waals surface area contributed by atoms with E-state index in [-0.39, 0.29) is 46.3 Å². The minimum atomic E-state index is -0.877. The molecule has 3 heterocycles. The fraction of sp³-hybridized carbons (Fsp3) is 0.269. The highest BCUT2D eigenvalue weighted by Gasteiger charge is 2.34. The molecule has 12 nitrogen and oxygen atoms in total. The fourth-order valence-corrected chi connectivity index (χ4v) is 5.53. The zero-order valence-electron chi connectivity index (χ0n) is 21.4. The van der Waals surface area contributed by atoms with E-state index in [1.165, 1.54) is 37.0 Å². The van der Waals surface area contributed by atoms with Crippen molar-refractivity contribution in [2.75, 3.05) is 27.6 Å². The van der Waals surface area contributed by atoms with Crippen molar-refractivity contribution in [3.05, 3.63) is 82.5 Å². The van der Waals surface area contributed by atoms with Crippen LogP contribution >= 0.6 is 11.3 Å². The van der Waals surface area contributed by atoms with Crippen LogP contribution in [0, 0.1) is 10.1 Å². The number of fused-ring (bicyclic) bond motifs is 2. The highest BCUT2D eigenvalue weighted by atomic mass is 32.1. The molecule has 39 heavy (non-hydrogen) atoms. The average Bonchev–Trinajstić information content (AvgIpc) is 3.51. The average molecular weight is 554 g/mol. The van der Waals surface area contributed by atoms with Crippen molar-refractivity contribution in [2.45, 2.75) is 19.9 Å². The Balaban J connectivity index is 1.74. The van der Waals surface area contributed by atoms with Crippen LogP contribution in [0.2, 0.25) is 0 Å². The normalized spacial score (nSPS) is 16.0. The van der Waals surface area contributed by atoms with Gasteiger partial charge in [-0.2, -0.15) is 0 Å². The topological polar surface area (TPSA) is 141 Å². The maximum absolute atomic E-state index is 13.9. The van der Waals surface area contributed by atoms with Crippen LogP contribution < -0.4 is 33.8 Å². The highest BCUT2D eigenvalue weighted by Crippen LogP contribution is 2.38. The van der Waals surface area contributed by atoms with Gasteiger partial charge in [0.05, 0.1) is 59.2 Å². The van der Waals surface area contributed by atoms with Crippen LogP contribution in [0.3, 0.4) is 0 Å². The quantitative estimate of drug-likeness (QED) is 0.245. The van der Waals surface area contributed by atoms with E-state index in [2.05, 4.69) is 4.99 Å². The number of ether oxygens (including phenoxy) is 5. The second-order valence-electron chi connectivity index (χ2n) is 8.44. The molecule has 5 rings (SSSR count). The van der Waals surface area contributed by atoms with Crippen molar-refractivity contribution >= 4 is 29.1 Å². The Morgan fingerprint density at radius 3 is 2.62 bits per heavy atom. The minimum absolute atomic E-state index is 0.0608. The SMILES string of the molecule is CCOC(=O)C1=C(C)N=c2s/c(=C\c3cc(OC)c(OC)cc3[N+](=O)[O-])c(=O)n2[C@H]1c1ccc2c(c1)OCO2. The van der Waals surface area contributed by atoms with Gasteiger partial charge in [0.2, 0.25) is 6.79 Å². The molecule has 2 aromatic carbocycles. The fourth-order valence-electron chi connectivity index (χ4n) is 4.49. The van der Waals surface area contributed by atoms with Crippen molar-refractivity contribution in [1.29, 1.82) is 0 Å². The molecular formula is C26H23N3O9S. The van der Waals surface area contributed by atoms with E-state index in [4.69, 9.17) is 23.7 Å². The molecule has 0 bridgehead atoms. The van der Waals surface area contributed by atoms with E-state index in [1.807, 2.05) is 0 Å². The number of carbonyl (C=O) groups is 1. The van der Waals surface area contributed by atoms with Crippen LogP contribution in [0.1, 0.15) is 31.0 Å². The van der Waals surface area contributed by atoms with Crippen LogP contribution in [0.5, 0.6) is 23.0 Å². The number of nitro groups is 1. The Morgan fingerprint density at radius 1 is 1.21 bits per heavy atom. The van der Waals surface area contributed by atoms with Gasteiger partial charge in [0.15, 0.2) is 27.8 Å². The van der Waals surface area contributed by atoms with Gasteiger partial charge in [-0.1, -0.05) is 17.4 Å². The first kappa shape index (κ1) is 26.0. The Bertz CT molecular complexity index is 1720. The lowest BCUT2D eigenvalue weighted by atomic mass is 9.95. The van der Waals surface area contributed by atoms with Crippen molar-refractivity contribution < 1.29 is 33.4 Å². The first-order chi connectivity index (χ1) is 18.8. The van der Waals surface area contributed by atoms with E-state index >= 15 is 0 Å². The predicted octanol–water partition coefficient (Wildman–Crippen LogP) is 2.45. The van der Waals surface area contributed by atoms with E-state index in [9.17, 15) is 19.7 Å². The second kappa shape index (κ2) is 10.3. The molecule has 0 saturated carbocycles.